The van der Waals surface area contributed by atoms with Gasteiger partial charge in [0, 0.05) is 23.7 Å². The average Bonchev–Trinajstić information content (AvgIpc) is 2.94. The topological polar surface area (TPSA) is 142 Å². The Morgan fingerprint density at radius 3 is 2.15 bits per heavy atom. The molecule has 8 nitrogen and oxygen atoms in total. The molecular weight excluding hydrogens is 488 g/mol. The third kappa shape index (κ3) is 8.39. The number of nitrogens with two attached hydrogens (primary N) is 3. The van der Waals surface area contributed by atoms with Crippen LogP contribution in [0.3, 0.4) is 0 Å². The molecular formula is C31H34N6O2. The number of primary amides is 1. The first kappa shape index (κ1) is 27.3. The van der Waals surface area contributed by atoms with Crippen LogP contribution in [0.1, 0.15) is 34.7 Å². The Kier molecular flexibility index (Phi) is 9.61. The number of rotatable bonds is 13. The molecule has 6 N–H and O–H groups in total. The maximum Gasteiger partial charge on any atom is 0.226 e. The van der Waals surface area contributed by atoms with Gasteiger partial charge >= 0.3 is 0 Å². The van der Waals surface area contributed by atoms with Crippen molar-refractivity contribution >= 4 is 11.9 Å². The van der Waals surface area contributed by atoms with E-state index in [9.17, 15) is 4.79 Å². The highest BCUT2D eigenvalue weighted by Crippen LogP contribution is 2.25. The van der Waals surface area contributed by atoms with Crippen LogP contribution in [0.25, 0.3) is 11.4 Å². The van der Waals surface area contributed by atoms with Crippen molar-refractivity contribution in [3.05, 3.63) is 113 Å². The summed E-state index contributed by atoms with van der Waals surface area (Å²) >= 11 is 0. The van der Waals surface area contributed by atoms with E-state index in [1.54, 1.807) is 0 Å². The first-order valence-electron chi connectivity index (χ1n) is 13.0. The summed E-state index contributed by atoms with van der Waals surface area (Å²) in [6.07, 6.45) is 3.43. The maximum absolute atomic E-state index is 12.2. The third-order valence-corrected chi connectivity index (χ3v) is 6.33. The van der Waals surface area contributed by atoms with Gasteiger partial charge in [-0.1, -0.05) is 78.9 Å². The molecule has 1 atom stereocenters. The van der Waals surface area contributed by atoms with Crippen LogP contribution in [0.5, 0.6) is 5.88 Å². The van der Waals surface area contributed by atoms with Crippen LogP contribution in [0, 0.1) is 0 Å². The normalized spacial score (nSPS) is 11.5. The van der Waals surface area contributed by atoms with Gasteiger partial charge in [0.15, 0.2) is 11.8 Å². The van der Waals surface area contributed by atoms with Crippen LogP contribution in [-0.2, 0) is 24.1 Å². The van der Waals surface area contributed by atoms with E-state index in [1.807, 2.05) is 54.6 Å². The molecule has 8 heteroatoms. The van der Waals surface area contributed by atoms with E-state index in [1.165, 1.54) is 11.1 Å². The van der Waals surface area contributed by atoms with Crippen molar-refractivity contribution in [2.45, 2.75) is 31.6 Å². The van der Waals surface area contributed by atoms with Crippen LogP contribution in [0.15, 0.2) is 96.0 Å². The molecule has 1 heterocycles. The predicted molar refractivity (Wildman–Crippen MR) is 154 cm³/mol. The Labute approximate surface area is 229 Å². The van der Waals surface area contributed by atoms with Gasteiger partial charge < -0.3 is 21.9 Å². The van der Waals surface area contributed by atoms with E-state index in [0.29, 0.717) is 23.9 Å². The minimum atomic E-state index is -0.678. The van der Waals surface area contributed by atoms with Crippen LogP contribution >= 0.6 is 0 Å². The zero-order valence-corrected chi connectivity index (χ0v) is 21.9. The Hall–Kier alpha value is -4.72. The number of carbonyl (C=O) groups excluding carboxylic acids is 1. The first-order chi connectivity index (χ1) is 19.0. The molecule has 1 amide bonds. The van der Waals surface area contributed by atoms with Crippen molar-refractivity contribution < 1.29 is 9.53 Å². The molecule has 3 aromatic carbocycles. The Bertz CT molecular complexity index is 1330. The van der Waals surface area contributed by atoms with Crippen LogP contribution in [0.4, 0.5) is 0 Å². The minimum Gasteiger partial charge on any atom is -0.477 e. The molecule has 0 saturated heterocycles. The number of hydrogen-bond acceptors (Lipinski definition) is 5. The van der Waals surface area contributed by atoms with Crippen molar-refractivity contribution in [3.63, 3.8) is 0 Å². The van der Waals surface area contributed by atoms with E-state index in [2.05, 4.69) is 41.4 Å². The Morgan fingerprint density at radius 1 is 0.795 bits per heavy atom. The van der Waals surface area contributed by atoms with Gasteiger partial charge in [0.2, 0.25) is 11.8 Å². The number of hydrogen-bond donors (Lipinski definition) is 3. The lowest BCUT2D eigenvalue weighted by atomic mass is 9.96. The van der Waals surface area contributed by atoms with E-state index in [-0.39, 0.29) is 12.5 Å². The molecule has 0 fully saturated rings. The molecule has 0 bridgehead atoms. The van der Waals surface area contributed by atoms with E-state index < -0.39 is 11.8 Å². The summed E-state index contributed by atoms with van der Waals surface area (Å²) < 4.78 is 6.09. The summed E-state index contributed by atoms with van der Waals surface area (Å²) in [5.74, 6) is -0.251. The third-order valence-electron chi connectivity index (χ3n) is 6.33. The van der Waals surface area contributed by atoms with Gasteiger partial charge in [0.05, 0.1) is 19.1 Å². The quantitative estimate of drug-likeness (QED) is 0.180. The molecule has 0 spiro atoms. The fraction of sp³-hybridized carbons (Fsp3) is 0.226. The second kappa shape index (κ2) is 13.7. The number of guanidine groups is 1. The van der Waals surface area contributed by atoms with Crippen molar-refractivity contribution in [1.82, 2.24) is 9.97 Å². The number of ether oxygens (including phenoxy) is 1. The summed E-state index contributed by atoms with van der Waals surface area (Å²) in [6, 6.07) is 29.9. The number of benzene rings is 3. The number of aryl methyl sites for hydroxylation is 2. The van der Waals surface area contributed by atoms with Gasteiger partial charge in [-0.05, 0) is 42.0 Å². The lowest BCUT2D eigenvalue weighted by Gasteiger charge is -2.14. The van der Waals surface area contributed by atoms with Crippen molar-refractivity contribution in [2.24, 2.45) is 22.2 Å². The van der Waals surface area contributed by atoms with Crippen LogP contribution < -0.4 is 21.9 Å². The molecule has 39 heavy (non-hydrogen) atoms. The van der Waals surface area contributed by atoms with Crippen molar-refractivity contribution in [3.8, 4) is 17.3 Å². The van der Waals surface area contributed by atoms with E-state index in [4.69, 9.17) is 31.9 Å². The first-order valence-corrected chi connectivity index (χ1v) is 13.0. The molecule has 4 aromatic rings. The molecule has 0 saturated carbocycles. The molecule has 0 radical (unpaired) electrons. The summed E-state index contributed by atoms with van der Waals surface area (Å²) in [6.45, 7) is 0.557. The summed E-state index contributed by atoms with van der Waals surface area (Å²) in [5.41, 5.74) is 21.4. The second-order valence-corrected chi connectivity index (χ2v) is 9.29. The van der Waals surface area contributed by atoms with Crippen molar-refractivity contribution in [2.75, 3.05) is 13.2 Å². The molecule has 1 aromatic heterocycles. The largest absolute Gasteiger partial charge is 0.477 e. The lowest BCUT2D eigenvalue weighted by molar-refractivity contribution is -0.119. The number of nitrogens with zero attached hydrogens (tertiary/aromatic N) is 3. The minimum absolute atomic E-state index is 0.0648. The summed E-state index contributed by atoms with van der Waals surface area (Å²) in [7, 11) is 0. The summed E-state index contributed by atoms with van der Waals surface area (Å²) in [4.78, 5) is 25.7. The van der Waals surface area contributed by atoms with Gasteiger partial charge in [0.25, 0.3) is 0 Å². The van der Waals surface area contributed by atoms with Gasteiger partial charge in [-0.25, -0.2) is 4.98 Å². The highest BCUT2D eigenvalue weighted by molar-refractivity contribution is 5.83. The van der Waals surface area contributed by atoms with Crippen LogP contribution in [0.2, 0.25) is 0 Å². The molecule has 0 aliphatic rings. The number of aromatic nitrogens is 2. The van der Waals surface area contributed by atoms with Crippen molar-refractivity contribution in [1.29, 1.82) is 0 Å². The Balaban J connectivity index is 1.57. The predicted octanol–water partition coefficient (Wildman–Crippen LogP) is 3.78. The smallest absolute Gasteiger partial charge is 0.226 e. The zero-order chi connectivity index (χ0) is 27.5. The van der Waals surface area contributed by atoms with Gasteiger partial charge in [-0.2, -0.15) is 4.98 Å². The second-order valence-electron chi connectivity index (χ2n) is 9.29. The lowest BCUT2D eigenvalue weighted by Crippen LogP contribution is -2.28. The highest BCUT2D eigenvalue weighted by Gasteiger charge is 2.19. The fourth-order valence-electron chi connectivity index (χ4n) is 4.29. The SMILES string of the molecule is NC(=O)C(CN=C(N)N)c1cccc(-c2nc(CCCc3ccccc3)cc(OCCc3ccccc3)n2)c1. The molecule has 200 valence electrons. The number of carbonyl (C=O) groups is 1. The molecule has 1 unspecified atom stereocenters. The highest BCUT2D eigenvalue weighted by atomic mass is 16.5. The van der Waals surface area contributed by atoms with Gasteiger partial charge in [0.1, 0.15) is 0 Å². The van der Waals surface area contributed by atoms with Gasteiger partial charge in [-0.15, -0.1) is 0 Å². The van der Waals surface area contributed by atoms with Gasteiger partial charge in [-0.3, -0.25) is 9.79 Å². The van der Waals surface area contributed by atoms with Crippen LogP contribution in [-0.4, -0.2) is 35.0 Å². The monoisotopic (exact) mass is 522 g/mol. The maximum atomic E-state index is 12.2. The number of aliphatic imine (C=N–C) groups is 1. The van der Waals surface area contributed by atoms with E-state index >= 15 is 0 Å². The standard InChI is InChI=1S/C31H34N6O2/c32-29(38)27(21-35-31(33)34)24-14-8-15-25(19-24)30-36-26(16-7-13-22-9-3-1-4-10-22)20-28(37-30)39-18-17-23-11-5-2-6-12-23/h1-6,8-12,14-15,19-20,27H,7,13,16-18,21H2,(H2,32,38)(H4,33,34,35). The fourth-order valence-corrected chi connectivity index (χ4v) is 4.29. The average molecular weight is 523 g/mol. The molecule has 0 aliphatic carbocycles. The van der Waals surface area contributed by atoms with E-state index in [0.717, 1.165) is 36.9 Å². The Morgan fingerprint density at radius 2 is 1.49 bits per heavy atom. The number of amides is 1. The zero-order valence-electron chi connectivity index (χ0n) is 21.9. The molecule has 0 aliphatic heterocycles. The molecule has 4 rings (SSSR count). The summed E-state index contributed by atoms with van der Waals surface area (Å²) in [5, 5.41) is 0.